The smallest absolute Gasteiger partial charge is 0.240 e. The van der Waals surface area contributed by atoms with Gasteiger partial charge in [-0.1, -0.05) is 0 Å². The summed E-state index contributed by atoms with van der Waals surface area (Å²) in [6.45, 7) is 9.68. The topological polar surface area (TPSA) is 57.3 Å². The second-order valence-electron chi connectivity index (χ2n) is 5.77. The summed E-state index contributed by atoms with van der Waals surface area (Å²) in [5.41, 5.74) is 0.591. The monoisotopic (exact) mass is 276 g/mol. The average molecular weight is 276 g/mol. The third kappa shape index (κ3) is 3.35. The number of hydrogen-bond acceptors (Lipinski definition) is 4. The lowest BCUT2D eigenvalue weighted by Gasteiger charge is -2.40. The van der Waals surface area contributed by atoms with Crippen LogP contribution >= 0.6 is 0 Å². The number of nitrogens with one attached hydrogen (secondary N) is 2. The molecule has 1 aliphatic rings. The molecule has 2 heterocycles. The Hall–Kier alpha value is -1.46. The Labute approximate surface area is 120 Å². The molecule has 2 N–H and O–H groups in total. The van der Waals surface area contributed by atoms with E-state index in [1.807, 2.05) is 32.9 Å². The van der Waals surface area contributed by atoms with Gasteiger partial charge in [-0.15, -0.1) is 0 Å². The van der Waals surface area contributed by atoms with Crippen LogP contribution in [0.5, 0.6) is 0 Å². The summed E-state index contributed by atoms with van der Waals surface area (Å²) in [6, 6.07) is 3.86. The van der Waals surface area contributed by atoms with Gasteiger partial charge in [-0.25, -0.2) is 0 Å². The standard InChI is InChI=1S/C15H24N4O/c1-12(13-4-6-16-7-5-13)18-14(20)15(2,3)19-10-8-17-9-11-19/h4-7,12,17H,8-11H2,1-3H3,(H,18,20)/t12-/m0/s1. The van der Waals surface area contributed by atoms with Crippen molar-refractivity contribution in [2.24, 2.45) is 0 Å². The first-order valence-corrected chi connectivity index (χ1v) is 7.18. The third-order valence-electron chi connectivity index (χ3n) is 4.02. The number of piperazine rings is 1. The summed E-state index contributed by atoms with van der Waals surface area (Å²) >= 11 is 0. The SMILES string of the molecule is C[C@H](NC(=O)C(C)(C)N1CCNCC1)c1ccncc1. The molecule has 1 aromatic heterocycles. The lowest BCUT2D eigenvalue weighted by molar-refractivity contribution is -0.132. The van der Waals surface area contributed by atoms with E-state index < -0.39 is 5.54 Å². The van der Waals surface area contributed by atoms with Crippen LogP contribution in [0, 0.1) is 0 Å². The highest BCUT2D eigenvalue weighted by Gasteiger charge is 2.35. The van der Waals surface area contributed by atoms with Crippen molar-refractivity contribution in [2.45, 2.75) is 32.4 Å². The zero-order valence-electron chi connectivity index (χ0n) is 12.5. The average Bonchev–Trinajstić information content (AvgIpc) is 2.49. The van der Waals surface area contributed by atoms with E-state index in [9.17, 15) is 4.79 Å². The van der Waals surface area contributed by atoms with Crippen LogP contribution in [-0.4, -0.2) is 47.5 Å². The predicted molar refractivity (Wildman–Crippen MR) is 79.3 cm³/mol. The highest BCUT2D eigenvalue weighted by atomic mass is 16.2. The lowest BCUT2D eigenvalue weighted by atomic mass is 9.99. The van der Waals surface area contributed by atoms with Crippen LogP contribution in [0.25, 0.3) is 0 Å². The number of rotatable bonds is 4. The minimum absolute atomic E-state index is 0.00677. The van der Waals surface area contributed by atoms with Crippen LogP contribution in [0.3, 0.4) is 0 Å². The van der Waals surface area contributed by atoms with Gasteiger partial charge in [0.15, 0.2) is 0 Å². The molecule has 0 bridgehead atoms. The molecule has 2 rings (SSSR count). The van der Waals surface area contributed by atoms with Gasteiger partial charge in [-0.3, -0.25) is 14.7 Å². The number of hydrogen-bond donors (Lipinski definition) is 2. The van der Waals surface area contributed by atoms with Crippen molar-refractivity contribution in [3.8, 4) is 0 Å². The van der Waals surface area contributed by atoms with Gasteiger partial charge in [0.1, 0.15) is 0 Å². The molecule has 0 aromatic carbocycles. The van der Waals surface area contributed by atoms with E-state index in [1.165, 1.54) is 0 Å². The van der Waals surface area contributed by atoms with E-state index in [0.29, 0.717) is 0 Å². The van der Waals surface area contributed by atoms with Crippen LogP contribution in [0.1, 0.15) is 32.4 Å². The number of carbonyl (C=O) groups is 1. The molecule has 1 fully saturated rings. The molecule has 110 valence electrons. The van der Waals surface area contributed by atoms with Crippen LogP contribution in [0.2, 0.25) is 0 Å². The van der Waals surface area contributed by atoms with Crippen LogP contribution < -0.4 is 10.6 Å². The molecule has 5 heteroatoms. The minimum atomic E-state index is -0.483. The summed E-state index contributed by atoms with van der Waals surface area (Å²) in [7, 11) is 0. The second-order valence-corrected chi connectivity index (χ2v) is 5.77. The Morgan fingerprint density at radius 3 is 2.55 bits per heavy atom. The highest BCUT2D eigenvalue weighted by molar-refractivity contribution is 5.85. The molecule has 0 spiro atoms. The molecule has 1 saturated heterocycles. The Balaban J connectivity index is 1.99. The van der Waals surface area contributed by atoms with Gasteiger partial charge in [0.25, 0.3) is 0 Å². The molecular formula is C15H24N4O. The van der Waals surface area contributed by atoms with Crippen LogP contribution in [-0.2, 0) is 4.79 Å². The lowest BCUT2D eigenvalue weighted by Crippen LogP contribution is -2.60. The van der Waals surface area contributed by atoms with Crippen molar-refractivity contribution in [1.29, 1.82) is 0 Å². The molecule has 5 nitrogen and oxygen atoms in total. The third-order valence-corrected chi connectivity index (χ3v) is 4.02. The van der Waals surface area contributed by atoms with Crippen molar-refractivity contribution < 1.29 is 4.79 Å². The largest absolute Gasteiger partial charge is 0.348 e. The summed E-state index contributed by atoms with van der Waals surface area (Å²) in [6.07, 6.45) is 3.50. The first-order chi connectivity index (χ1) is 9.51. The number of pyridine rings is 1. The van der Waals surface area contributed by atoms with Gasteiger partial charge >= 0.3 is 0 Å². The van der Waals surface area contributed by atoms with Gasteiger partial charge in [-0.2, -0.15) is 0 Å². The van der Waals surface area contributed by atoms with E-state index in [0.717, 1.165) is 31.7 Å². The fraction of sp³-hybridized carbons (Fsp3) is 0.600. The molecule has 0 radical (unpaired) electrons. The number of carbonyl (C=O) groups excluding carboxylic acids is 1. The minimum Gasteiger partial charge on any atom is -0.348 e. The van der Waals surface area contributed by atoms with Gasteiger partial charge < -0.3 is 10.6 Å². The molecular weight excluding hydrogens is 252 g/mol. The van der Waals surface area contributed by atoms with E-state index >= 15 is 0 Å². The van der Waals surface area contributed by atoms with Crippen molar-refractivity contribution in [1.82, 2.24) is 20.5 Å². The first kappa shape index (κ1) is 14.9. The molecule has 0 saturated carbocycles. The molecule has 1 amide bonds. The van der Waals surface area contributed by atoms with Crippen molar-refractivity contribution in [3.05, 3.63) is 30.1 Å². The molecule has 0 unspecified atom stereocenters. The number of nitrogens with zero attached hydrogens (tertiary/aromatic N) is 2. The van der Waals surface area contributed by atoms with Crippen LogP contribution in [0.15, 0.2) is 24.5 Å². The summed E-state index contributed by atoms with van der Waals surface area (Å²) < 4.78 is 0. The van der Waals surface area contributed by atoms with E-state index in [-0.39, 0.29) is 11.9 Å². The fourth-order valence-electron chi connectivity index (χ4n) is 2.48. The Bertz CT molecular complexity index is 440. The van der Waals surface area contributed by atoms with Gasteiger partial charge in [0.05, 0.1) is 11.6 Å². The normalized spacial score (nSPS) is 18.6. The fourth-order valence-corrected chi connectivity index (χ4v) is 2.48. The maximum atomic E-state index is 12.6. The zero-order chi connectivity index (χ0) is 14.6. The molecule has 20 heavy (non-hydrogen) atoms. The van der Waals surface area contributed by atoms with Crippen molar-refractivity contribution >= 4 is 5.91 Å². The van der Waals surface area contributed by atoms with Gasteiger partial charge in [0, 0.05) is 38.6 Å². The Morgan fingerprint density at radius 1 is 1.35 bits per heavy atom. The van der Waals surface area contributed by atoms with E-state index in [2.05, 4.69) is 20.5 Å². The maximum absolute atomic E-state index is 12.6. The van der Waals surface area contributed by atoms with Gasteiger partial charge in [-0.05, 0) is 38.5 Å². The van der Waals surface area contributed by atoms with Crippen molar-refractivity contribution in [2.75, 3.05) is 26.2 Å². The van der Waals surface area contributed by atoms with E-state index in [4.69, 9.17) is 0 Å². The zero-order valence-corrected chi connectivity index (χ0v) is 12.5. The van der Waals surface area contributed by atoms with Gasteiger partial charge in [0.2, 0.25) is 5.91 Å². The molecule has 1 atom stereocenters. The molecule has 1 aliphatic heterocycles. The first-order valence-electron chi connectivity index (χ1n) is 7.18. The second kappa shape index (κ2) is 6.33. The number of amides is 1. The van der Waals surface area contributed by atoms with Crippen LogP contribution in [0.4, 0.5) is 0 Å². The Morgan fingerprint density at radius 2 is 1.95 bits per heavy atom. The molecule has 0 aliphatic carbocycles. The molecule has 1 aromatic rings. The van der Waals surface area contributed by atoms with Crippen molar-refractivity contribution in [3.63, 3.8) is 0 Å². The Kier molecular flexibility index (Phi) is 4.73. The maximum Gasteiger partial charge on any atom is 0.240 e. The quantitative estimate of drug-likeness (QED) is 0.859. The summed E-state index contributed by atoms with van der Waals surface area (Å²) in [5.74, 6) is 0.0729. The highest BCUT2D eigenvalue weighted by Crippen LogP contribution is 2.18. The summed E-state index contributed by atoms with van der Waals surface area (Å²) in [4.78, 5) is 18.8. The van der Waals surface area contributed by atoms with E-state index in [1.54, 1.807) is 12.4 Å². The predicted octanol–water partition coefficient (Wildman–Crippen LogP) is 0.943. The summed E-state index contributed by atoms with van der Waals surface area (Å²) in [5, 5.41) is 6.42. The number of aromatic nitrogens is 1.